The second-order valence-electron chi connectivity index (χ2n) is 9.20. The van der Waals surface area contributed by atoms with Crippen LogP contribution in [0.1, 0.15) is 37.9 Å². The molecule has 38 heavy (non-hydrogen) atoms. The number of halogens is 6. The number of hydrogen-bond donors (Lipinski definition) is 2. The lowest BCUT2D eigenvalue weighted by Gasteiger charge is -2.38. The van der Waals surface area contributed by atoms with Gasteiger partial charge in [-0.2, -0.15) is 26.3 Å². The van der Waals surface area contributed by atoms with Crippen LogP contribution in [0.5, 0.6) is 0 Å². The molecular formula is C23H32F6N2O7. The monoisotopic (exact) mass is 562 g/mol. The first-order valence-corrected chi connectivity index (χ1v) is 12.0. The molecule has 3 saturated heterocycles. The molecule has 4 rings (SSSR count). The first kappa shape index (κ1) is 31.9. The SMILES string of the molecule is O=C(O)C(F)(F)F.O=C(O)C(F)(F)F.c1coc(CN2CCC3(CC2)CC(OCCN2CCCC2)CO3)c1. The van der Waals surface area contributed by atoms with Gasteiger partial charge in [0.15, 0.2) is 0 Å². The average molecular weight is 563 g/mol. The number of carboxylic acid groups (broad SMARTS) is 2. The summed E-state index contributed by atoms with van der Waals surface area (Å²) in [5, 5.41) is 14.2. The van der Waals surface area contributed by atoms with E-state index in [1.54, 1.807) is 6.26 Å². The number of carboxylic acids is 2. The third kappa shape index (κ3) is 11.2. The van der Waals surface area contributed by atoms with Gasteiger partial charge in [-0.05, 0) is 50.9 Å². The molecule has 3 aliphatic rings. The Morgan fingerprint density at radius 2 is 1.53 bits per heavy atom. The van der Waals surface area contributed by atoms with Crippen LogP contribution < -0.4 is 0 Å². The second-order valence-corrected chi connectivity index (χ2v) is 9.20. The van der Waals surface area contributed by atoms with Crippen LogP contribution in [0.3, 0.4) is 0 Å². The molecule has 1 atom stereocenters. The van der Waals surface area contributed by atoms with Crippen molar-refractivity contribution in [1.82, 2.24) is 9.80 Å². The van der Waals surface area contributed by atoms with Gasteiger partial charge in [0.1, 0.15) is 5.76 Å². The van der Waals surface area contributed by atoms with Crippen LogP contribution in [0.25, 0.3) is 0 Å². The van der Waals surface area contributed by atoms with Crippen LogP contribution in [-0.4, -0.2) is 102 Å². The van der Waals surface area contributed by atoms with Gasteiger partial charge < -0.3 is 29.0 Å². The molecule has 1 aromatic heterocycles. The molecule has 3 fully saturated rings. The molecule has 3 aliphatic heterocycles. The van der Waals surface area contributed by atoms with E-state index in [2.05, 4.69) is 15.9 Å². The Balaban J connectivity index is 0.000000301. The number of ether oxygens (including phenoxy) is 2. The van der Waals surface area contributed by atoms with Crippen LogP contribution in [-0.2, 0) is 25.6 Å². The van der Waals surface area contributed by atoms with Crippen molar-refractivity contribution >= 4 is 11.9 Å². The smallest absolute Gasteiger partial charge is 0.475 e. The summed E-state index contributed by atoms with van der Waals surface area (Å²) in [5.41, 5.74) is 0.0674. The fourth-order valence-corrected chi connectivity index (χ4v) is 4.35. The molecule has 0 bridgehead atoms. The van der Waals surface area contributed by atoms with Crippen molar-refractivity contribution in [3.05, 3.63) is 24.2 Å². The van der Waals surface area contributed by atoms with Crippen LogP contribution >= 0.6 is 0 Å². The van der Waals surface area contributed by atoms with Crippen molar-refractivity contribution in [1.29, 1.82) is 0 Å². The van der Waals surface area contributed by atoms with E-state index in [1.807, 2.05) is 6.07 Å². The van der Waals surface area contributed by atoms with E-state index < -0.39 is 24.3 Å². The van der Waals surface area contributed by atoms with Gasteiger partial charge in [-0.15, -0.1) is 0 Å². The minimum Gasteiger partial charge on any atom is -0.475 e. The molecule has 4 heterocycles. The quantitative estimate of drug-likeness (QED) is 0.501. The number of nitrogens with zero attached hydrogens (tertiary/aromatic N) is 2. The normalized spacial score (nSPS) is 21.9. The lowest BCUT2D eigenvalue weighted by atomic mass is 9.88. The molecule has 1 spiro atoms. The van der Waals surface area contributed by atoms with Crippen molar-refractivity contribution in [3.63, 3.8) is 0 Å². The molecular weight excluding hydrogens is 530 g/mol. The van der Waals surface area contributed by atoms with Gasteiger partial charge in [-0.3, -0.25) is 4.90 Å². The van der Waals surface area contributed by atoms with Gasteiger partial charge >= 0.3 is 24.3 Å². The molecule has 218 valence electrons. The van der Waals surface area contributed by atoms with E-state index in [-0.39, 0.29) is 5.60 Å². The van der Waals surface area contributed by atoms with Crippen molar-refractivity contribution in [2.45, 2.75) is 62.7 Å². The van der Waals surface area contributed by atoms with Crippen molar-refractivity contribution in [3.8, 4) is 0 Å². The standard InChI is InChI=1S/C19H30N2O3.2C2HF3O2/c1-2-8-20(7-1)11-13-23-18-14-19(24-16-18)5-9-21(10-6-19)15-17-4-3-12-22-17;2*3-2(4,5)1(6)7/h3-4,12,18H,1-2,5-11,13-16H2;2*(H,6,7). The number of hydrogen-bond acceptors (Lipinski definition) is 7. The zero-order chi connectivity index (χ0) is 28.4. The Hall–Kier alpha value is -2.36. The van der Waals surface area contributed by atoms with Gasteiger partial charge in [-0.25, -0.2) is 9.59 Å². The first-order valence-electron chi connectivity index (χ1n) is 12.0. The van der Waals surface area contributed by atoms with Crippen molar-refractivity contribution in [2.24, 2.45) is 0 Å². The zero-order valence-electron chi connectivity index (χ0n) is 20.6. The fraction of sp³-hybridized carbons (Fsp3) is 0.739. The average Bonchev–Trinajstić information content (AvgIpc) is 3.59. The summed E-state index contributed by atoms with van der Waals surface area (Å²) in [6.07, 6.45) is -2.12. The van der Waals surface area contributed by atoms with Gasteiger partial charge in [-0.1, -0.05) is 0 Å². The van der Waals surface area contributed by atoms with E-state index in [4.69, 9.17) is 33.7 Å². The van der Waals surface area contributed by atoms with Gasteiger partial charge in [0.2, 0.25) is 0 Å². The maximum atomic E-state index is 10.6. The molecule has 1 aromatic rings. The van der Waals surface area contributed by atoms with E-state index in [9.17, 15) is 26.3 Å². The summed E-state index contributed by atoms with van der Waals surface area (Å²) in [4.78, 5) is 22.8. The molecule has 0 amide bonds. The highest BCUT2D eigenvalue weighted by Gasteiger charge is 2.43. The van der Waals surface area contributed by atoms with Crippen molar-refractivity contribution < 1.29 is 60.0 Å². The van der Waals surface area contributed by atoms with Gasteiger partial charge in [0.05, 0.1) is 37.7 Å². The van der Waals surface area contributed by atoms with Crippen molar-refractivity contribution in [2.75, 3.05) is 45.9 Å². The van der Waals surface area contributed by atoms with Gasteiger partial charge in [0.25, 0.3) is 0 Å². The molecule has 2 N–H and O–H groups in total. The highest BCUT2D eigenvalue weighted by atomic mass is 19.4. The Morgan fingerprint density at radius 3 is 2.00 bits per heavy atom. The van der Waals surface area contributed by atoms with Gasteiger partial charge in [0, 0.05) is 26.1 Å². The highest BCUT2D eigenvalue weighted by Crippen LogP contribution is 2.37. The number of piperidine rings is 1. The third-order valence-corrected chi connectivity index (χ3v) is 6.35. The summed E-state index contributed by atoms with van der Waals surface area (Å²) in [6.45, 7) is 8.30. The largest absolute Gasteiger partial charge is 0.490 e. The number of alkyl halides is 6. The Bertz CT molecular complexity index is 825. The van der Waals surface area contributed by atoms with Crippen LogP contribution in [0.2, 0.25) is 0 Å². The summed E-state index contributed by atoms with van der Waals surface area (Å²) in [7, 11) is 0. The predicted octanol–water partition coefficient (Wildman–Crippen LogP) is 3.78. The maximum absolute atomic E-state index is 10.6. The Kier molecular flexibility index (Phi) is 11.9. The minimum atomic E-state index is -5.08. The number of likely N-dealkylation sites (tertiary alicyclic amines) is 2. The molecule has 0 saturated carbocycles. The maximum Gasteiger partial charge on any atom is 0.490 e. The topological polar surface area (TPSA) is 113 Å². The van der Waals surface area contributed by atoms with E-state index in [1.165, 1.54) is 25.9 Å². The zero-order valence-corrected chi connectivity index (χ0v) is 20.6. The molecule has 0 aliphatic carbocycles. The highest BCUT2D eigenvalue weighted by molar-refractivity contribution is 5.73. The van der Waals surface area contributed by atoms with Crippen LogP contribution in [0.15, 0.2) is 22.8 Å². The Morgan fingerprint density at radius 1 is 0.974 bits per heavy atom. The summed E-state index contributed by atoms with van der Waals surface area (Å²) in [6, 6.07) is 4.02. The Labute approximate surface area is 215 Å². The summed E-state index contributed by atoms with van der Waals surface area (Å²) in [5.74, 6) is -4.46. The number of carbonyl (C=O) groups is 2. The molecule has 0 radical (unpaired) electrons. The van der Waals surface area contributed by atoms with Crippen LogP contribution in [0.4, 0.5) is 26.3 Å². The number of furan rings is 1. The summed E-state index contributed by atoms with van der Waals surface area (Å²) >= 11 is 0. The molecule has 9 nitrogen and oxygen atoms in total. The van der Waals surface area contributed by atoms with Crippen LogP contribution in [0, 0.1) is 0 Å². The lowest BCUT2D eigenvalue weighted by molar-refractivity contribution is -0.193. The third-order valence-electron chi connectivity index (χ3n) is 6.35. The minimum absolute atomic E-state index is 0.0674. The lowest BCUT2D eigenvalue weighted by Crippen LogP contribution is -2.43. The predicted molar refractivity (Wildman–Crippen MR) is 119 cm³/mol. The van der Waals surface area contributed by atoms with E-state index in [0.717, 1.165) is 64.4 Å². The second kappa shape index (κ2) is 14.1. The van der Waals surface area contributed by atoms with E-state index >= 15 is 0 Å². The molecule has 15 heteroatoms. The number of rotatable bonds is 6. The van der Waals surface area contributed by atoms with E-state index in [0.29, 0.717) is 6.10 Å². The number of aliphatic carboxylic acids is 2. The fourth-order valence-electron chi connectivity index (χ4n) is 4.35. The molecule has 1 unspecified atom stereocenters. The molecule has 0 aromatic carbocycles. The first-order chi connectivity index (χ1) is 17.7. The summed E-state index contributed by atoms with van der Waals surface area (Å²) < 4.78 is 81.3.